The van der Waals surface area contributed by atoms with Gasteiger partial charge in [0.1, 0.15) is 0 Å². The Hall–Kier alpha value is 0.0700. The molecule has 78 valence electrons. The van der Waals surface area contributed by atoms with E-state index in [-0.39, 0.29) is 5.54 Å². The van der Waals surface area contributed by atoms with Crippen molar-refractivity contribution in [3.8, 4) is 0 Å². The van der Waals surface area contributed by atoms with Gasteiger partial charge in [0, 0.05) is 40.9 Å². The summed E-state index contributed by atoms with van der Waals surface area (Å²) < 4.78 is 11.3. The number of nitrogens with two attached hydrogens (primary N) is 1. The third-order valence-corrected chi connectivity index (χ3v) is 4.13. The standard InChI is InChI=1S/C9H20N2OS/c1-9(2,8-10)11-4-3-6-13(12)7-5-11/h3-8,10H2,1-2H3. The van der Waals surface area contributed by atoms with Crippen molar-refractivity contribution in [3.05, 3.63) is 0 Å². The molecule has 2 N–H and O–H groups in total. The zero-order chi connectivity index (χ0) is 9.90. The monoisotopic (exact) mass is 204 g/mol. The second-order valence-electron chi connectivity index (χ2n) is 4.21. The average Bonchev–Trinajstić information content (AvgIpc) is 2.30. The Balaban J connectivity index is 2.55. The minimum absolute atomic E-state index is 0.0640. The Bertz CT molecular complexity index is 194. The molecule has 1 heterocycles. The molecule has 1 saturated heterocycles. The highest BCUT2D eigenvalue weighted by molar-refractivity contribution is 7.85. The second kappa shape index (κ2) is 4.53. The van der Waals surface area contributed by atoms with Crippen LogP contribution in [0, 0.1) is 0 Å². The molecule has 0 aliphatic carbocycles. The Morgan fingerprint density at radius 1 is 1.38 bits per heavy atom. The van der Waals surface area contributed by atoms with E-state index in [1.165, 1.54) is 0 Å². The summed E-state index contributed by atoms with van der Waals surface area (Å²) in [5.41, 5.74) is 5.77. The van der Waals surface area contributed by atoms with Gasteiger partial charge in [-0.3, -0.25) is 9.11 Å². The molecule has 13 heavy (non-hydrogen) atoms. The van der Waals surface area contributed by atoms with Crippen LogP contribution in [0.3, 0.4) is 0 Å². The van der Waals surface area contributed by atoms with E-state index in [2.05, 4.69) is 18.7 Å². The van der Waals surface area contributed by atoms with E-state index in [1.54, 1.807) is 0 Å². The van der Waals surface area contributed by atoms with E-state index < -0.39 is 10.8 Å². The van der Waals surface area contributed by atoms with Crippen molar-refractivity contribution in [2.24, 2.45) is 5.73 Å². The first kappa shape index (κ1) is 11.1. The maximum Gasteiger partial charge on any atom is 0.0362 e. The fourth-order valence-electron chi connectivity index (χ4n) is 1.58. The highest BCUT2D eigenvalue weighted by Crippen LogP contribution is 2.15. The van der Waals surface area contributed by atoms with Gasteiger partial charge in [-0.15, -0.1) is 0 Å². The van der Waals surface area contributed by atoms with Gasteiger partial charge >= 0.3 is 0 Å². The van der Waals surface area contributed by atoms with Gasteiger partial charge in [-0.2, -0.15) is 0 Å². The number of hydrogen-bond acceptors (Lipinski definition) is 3. The lowest BCUT2D eigenvalue weighted by atomic mass is 10.0. The molecule has 0 aromatic rings. The number of hydrogen-bond donors (Lipinski definition) is 1. The molecule has 0 bridgehead atoms. The van der Waals surface area contributed by atoms with Crippen molar-refractivity contribution in [3.63, 3.8) is 0 Å². The first-order chi connectivity index (χ1) is 6.06. The molecule has 0 amide bonds. The summed E-state index contributed by atoms with van der Waals surface area (Å²) in [5.74, 6) is 1.67. The molecule has 4 heteroatoms. The summed E-state index contributed by atoms with van der Waals surface area (Å²) in [7, 11) is -0.598. The minimum Gasteiger partial charge on any atom is -0.329 e. The van der Waals surface area contributed by atoms with E-state index in [0.29, 0.717) is 6.54 Å². The van der Waals surface area contributed by atoms with Crippen molar-refractivity contribution in [2.45, 2.75) is 25.8 Å². The molecule has 0 radical (unpaired) electrons. The van der Waals surface area contributed by atoms with Crippen molar-refractivity contribution in [1.82, 2.24) is 4.90 Å². The minimum atomic E-state index is -0.598. The van der Waals surface area contributed by atoms with Crippen LogP contribution in [0.5, 0.6) is 0 Å². The van der Waals surface area contributed by atoms with Gasteiger partial charge < -0.3 is 5.73 Å². The molecule has 0 aromatic carbocycles. The van der Waals surface area contributed by atoms with Crippen LogP contribution in [0.2, 0.25) is 0 Å². The predicted octanol–water partition coefficient (Wildman–Crippen LogP) is 0.178. The SMILES string of the molecule is CC(C)(CN)N1CCCS(=O)CC1. The molecule has 0 aromatic heterocycles. The molecule has 1 unspecified atom stereocenters. The van der Waals surface area contributed by atoms with Gasteiger partial charge in [0.05, 0.1) is 0 Å². The zero-order valence-corrected chi connectivity index (χ0v) is 9.40. The number of rotatable bonds is 2. The fourth-order valence-corrected chi connectivity index (χ4v) is 2.66. The molecular weight excluding hydrogens is 184 g/mol. The molecule has 1 fully saturated rings. The van der Waals surface area contributed by atoms with Crippen LogP contribution in [-0.4, -0.2) is 45.8 Å². The van der Waals surface area contributed by atoms with Gasteiger partial charge in [0.25, 0.3) is 0 Å². The van der Waals surface area contributed by atoms with Crippen molar-refractivity contribution >= 4 is 10.8 Å². The maximum atomic E-state index is 11.3. The van der Waals surface area contributed by atoms with Gasteiger partial charge in [0.2, 0.25) is 0 Å². The molecule has 3 nitrogen and oxygen atoms in total. The van der Waals surface area contributed by atoms with E-state index >= 15 is 0 Å². The van der Waals surface area contributed by atoms with E-state index in [1.807, 2.05) is 0 Å². The van der Waals surface area contributed by atoms with Gasteiger partial charge in [-0.05, 0) is 26.8 Å². The largest absolute Gasteiger partial charge is 0.329 e. The quantitative estimate of drug-likeness (QED) is 0.698. The van der Waals surface area contributed by atoms with Gasteiger partial charge in [-0.25, -0.2) is 0 Å². The van der Waals surface area contributed by atoms with E-state index in [4.69, 9.17) is 5.73 Å². The lowest BCUT2D eigenvalue weighted by Crippen LogP contribution is -2.50. The third kappa shape index (κ3) is 3.04. The highest BCUT2D eigenvalue weighted by Gasteiger charge is 2.26. The molecular formula is C9H20N2OS. The van der Waals surface area contributed by atoms with Crippen LogP contribution >= 0.6 is 0 Å². The van der Waals surface area contributed by atoms with Crippen LogP contribution in [0.4, 0.5) is 0 Å². The zero-order valence-electron chi connectivity index (χ0n) is 8.58. The first-order valence-corrected chi connectivity index (χ1v) is 6.35. The Labute approximate surface area is 83.1 Å². The second-order valence-corrected chi connectivity index (χ2v) is 5.90. The van der Waals surface area contributed by atoms with E-state index in [9.17, 15) is 4.21 Å². The Kier molecular flexibility index (Phi) is 3.88. The summed E-state index contributed by atoms with van der Waals surface area (Å²) in [6.45, 7) is 6.94. The van der Waals surface area contributed by atoms with Crippen LogP contribution in [0.25, 0.3) is 0 Å². The van der Waals surface area contributed by atoms with Crippen molar-refractivity contribution in [1.29, 1.82) is 0 Å². The normalized spacial score (nSPS) is 27.2. The Morgan fingerprint density at radius 3 is 2.69 bits per heavy atom. The summed E-state index contributed by atoms with van der Waals surface area (Å²) in [6, 6.07) is 0. The summed E-state index contributed by atoms with van der Waals surface area (Å²) in [5, 5.41) is 0. The maximum absolute atomic E-state index is 11.3. The Morgan fingerprint density at radius 2 is 2.08 bits per heavy atom. The number of nitrogens with zero attached hydrogens (tertiary/aromatic N) is 1. The molecule has 1 atom stereocenters. The van der Waals surface area contributed by atoms with Crippen molar-refractivity contribution < 1.29 is 4.21 Å². The predicted molar refractivity (Wildman–Crippen MR) is 57.2 cm³/mol. The fraction of sp³-hybridized carbons (Fsp3) is 1.00. The summed E-state index contributed by atoms with van der Waals surface area (Å²) in [6.07, 6.45) is 1.04. The summed E-state index contributed by atoms with van der Waals surface area (Å²) >= 11 is 0. The smallest absolute Gasteiger partial charge is 0.0362 e. The molecule has 1 aliphatic heterocycles. The van der Waals surface area contributed by atoms with Crippen LogP contribution < -0.4 is 5.73 Å². The van der Waals surface area contributed by atoms with E-state index in [0.717, 1.165) is 31.0 Å². The lowest BCUT2D eigenvalue weighted by molar-refractivity contribution is 0.138. The van der Waals surface area contributed by atoms with Crippen LogP contribution in [0.15, 0.2) is 0 Å². The average molecular weight is 204 g/mol. The van der Waals surface area contributed by atoms with Crippen LogP contribution in [-0.2, 0) is 10.8 Å². The van der Waals surface area contributed by atoms with Crippen molar-refractivity contribution in [2.75, 3.05) is 31.1 Å². The third-order valence-electron chi connectivity index (χ3n) is 2.74. The lowest BCUT2D eigenvalue weighted by Gasteiger charge is -2.36. The molecule has 0 spiro atoms. The molecule has 1 aliphatic rings. The van der Waals surface area contributed by atoms with Gasteiger partial charge in [-0.1, -0.05) is 0 Å². The van der Waals surface area contributed by atoms with Crippen LogP contribution in [0.1, 0.15) is 20.3 Å². The molecule has 1 rings (SSSR count). The summed E-state index contributed by atoms with van der Waals surface area (Å²) in [4.78, 5) is 2.36. The highest BCUT2D eigenvalue weighted by atomic mass is 32.2. The molecule has 0 saturated carbocycles. The first-order valence-electron chi connectivity index (χ1n) is 4.86. The topological polar surface area (TPSA) is 46.3 Å². The van der Waals surface area contributed by atoms with Gasteiger partial charge in [0.15, 0.2) is 0 Å².